The Morgan fingerprint density at radius 2 is 1.70 bits per heavy atom. The van der Waals surface area contributed by atoms with E-state index in [9.17, 15) is 0 Å². The summed E-state index contributed by atoms with van der Waals surface area (Å²) in [4.78, 5) is 4.36. The zero-order valence-electron chi connectivity index (χ0n) is 13.1. The third-order valence-electron chi connectivity index (χ3n) is 3.17. The van der Waals surface area contributed by atoms with Gasteiger partial charge in [0, 0.05) is 31.2 Å². The molecule has 0 atom stereocenters. The highest BCUT2D eigenvalue weighted by Crippen LogP contribution is 2.13. The number of unbranched alkanes of at least 4 members (excludes halogenated alkanes) is 3. The number of ether oxygens (including phenoxy) is 2. The maximum atomic E-state index is 5.76. The first-order valence-electron chi connectivity index (χ1n) is 8.02. The second-order valence-corrected chi connectivity index (χ2v) is 5.11. The molecule has 1 aromatic rings. The maximum absolute atomic E-state index is 5.76. The van der Waals surface area contributed by atoms with Gasteiger partial charge in [-0.3, -0.25) is 4.98 Å². The molecule has 3 heteroatoms. The molecule has 0 unspecified atom stereocenters. The van der Waals surface area contributed by atoms with Crippen molar-refractivity contribution in [3.8, 4) is 5.75 Å². The highest BCUT2D eigenvalue weighted by molar-refractivity contribution is 5.22. The van der Waals surface area contributed by atoms with Gasteiger partial charge in [-0.2, -0.15) is 0 Å². The van der Waals surface area contributed by atoms with Crippen LogP contribution in [0.25, 0.3) is 0 Å². The Morgan fingerprint density at radius 3 is 2.50 bits per heavy atom. The molecule has 0 bridgehead atoms. The Balaban J connectivity index is 2.09. The van der Waals surface area contributed by atoms with Crippen LogP contribution in [0.2, 0.25) is 0 Å². The fourth-order valence-corrected chi connectivity index (χ4v) is 1.89. The van der Waals surface area contributed by atoms with E-state index in [-0.39, 0.29) is 0 Å². The second-order valence-electron chi connectivity index (χ2n) is 5.11. The largest absolute Gasteiger partial charge is 0.493 e. The number of pyridine rings is 1. The smallest absolute Gasteiger partial charge is 0.122 e. The van der Waals surface area contributed by atoms with Crippen LogP contribution in [0.4, 0.5) is 0 Å². The first-order chi connectivity index (χ1) is 9.86. The Hall–Kier alpha value is -1.09. The molecule has 0 fully saturated rings. The van der Waals surface area contributed by atoms with Gasteiger partial charge in [-0.15, -0.1) is 0 Å². The summed E-state index contributed by atoms with van der Waals surface area (Å²) < 4.78 is 11.3. The molecular weight excluding hydrogens is 250 g/mol. The summed E-state index contributed by atoms with van der Waals surface area (Å²) in [6, 6.07) is 4.00. The van der Waals surface area contributed by atoms with Crippen molar-refractivity contribution in [2.45, 2.75) is 58.8 Å². The molecular formula is C17H29NO2. The zero-order valence-corrected chi connectivity index (χ0v) is 13.1. The number of aryl methyl sites for hydroxylation is 1. The van der Waals surface area contributed by atoms with Crippen molar-refractivity contribution in [1.82, 2.24) is 4.98 Å². The first-order valence-corrected chi connectivity index (χ1v) is 8.02. The summed E-state index contributed by atoms with van der Waals surface area (Å²) in [5, 5.41) is 0. The lowest BCUT2D eigenvalue weighted by Crippen LogP contribution is -2.02. The van der Waals surface area contributed by atoms with Gasteiger partial charge in [-0.1, -0.05) is 26.7 Å². The van der Waals surface area contributed by atoms with Crippen molar-refractivity contribution >= 4 is 0 Å². The number of rotatable bonds is 12. The number of hydrogen-bond acceptors (Lipinski definition) is 3. The molecule has 114 valence electrons. The van der Waals surface area contributed by atoms with Crippen molar-refractivity contribution in [1.29, 1.82) is 0 Å². The first kappa shape index (κ1) is 17.0. The van der Waals surface area contributed by atoms with Crippen LogP contribution in [0.3, 0.4) is 0 Å². The van der Waals surface area contributed by atoms with Crippen LogP contribution in [0.5, 0.6) is 5.75 Å². The Bertz CT molecular complexity index is 342. The molecule has 3 nitrogen and oxygen atoms in total. The summed E-state index contributed by atoms with van der Waals surface area (Å²) in [6.45, 7) is 6.88. The van der Waals surface area contributed by atoms with Gasteiger partial charge in [0.1, 0.15) is 5.75 Å². The second kappa shape index (κ2) is 11.7. The lowest BCUT2D eigenvalue weighted by molar-refractivity contribution is 0.123. The molecule has 0 N–H and O–H groups in total. The molecule has 0 spiro atoms. The summed E-state index contributed by atoms with van der Waals surface area (Å²) in [5.74, 6) is 0.943. The lowest BCUT2D eigenvalue weighted by atomic mass is 10.2. The average Bonchev–Trinajstić information content (AvgIpc) is 2.48. The predicted molar refractivity (Wildman–Crippen MR) is 83.3 cm³/mol. The van der Waals surface area contributed by atoms with E-state index >= 15 is 0 Å². The quantitative estimate of drug-likeness (QED) is 0.531. The fraction of sp³-hybridized carbons (Fsp3) is 0.706. The summed E-state index contributed by atoms with van der Waals surface area (Å²) in [5.41, 5.74) is 1.13. The SMILES string of the molecule is CCCCOCCCCOc1ccnc(CCCC)c1. The lowest BCUT2D eigenvalue weighted by Gasteiger charge is -2.08. The average molecular weight is 279 g/mol. The number of nitrogens with zero attached hydrogens (tertiary/aromatic N) is 1. The third-order valence-corrected chi connectivity index (χ3v) is 3.17. The van der Waals surface area contributed by atoms with Crippen molar-refractivity contribution < 1.29 is 9.47 Å². The number of aromatic nitrogens is 1. The molecule has 0 aliphatic carbocycles. The molecule has 0 saturated carbocycles. The molecule has 0 aromatic carbocycles. The molecule has 0 aliphatic rings. The van der Waals surface area contributed by atoms with Gasteiger partial charge in [0.25, 0.3) is 0 Å². The maximum Gasteiger partial charge on any atom is 0.122 e. The van der Waals surface area contributed by atoms with Crippen LogP contribution in [-0.4, -0.2) is 24.8 Å². The van der Waals surface area contributed by atoms with Gasteiger partial charge in [-0.05, 0) is 38.2 Å². The van der Waals surface area contributed by atoms with Gasteiger partial charge in [-0.25, -0.2) is 0 Å². The van der Waals surface area contributed by atoms with E-state index in [0.717, 1.165) is 56.9 Å². The molecule has 0 saturated heterocycles. The minimum Gasteiger partial charge on any atom is -0.493 e. The van der Waals surface area contributed by atoms with Crippen molar-refractivity contribution in [3.05, 3.63) is 24.0 Å². The Labute approximate surface area is 123 Å². The van der Waals surface area contributed by atoms with Crippen LogP contribution >= 0.6 is 0 Å². The minimum atomic E-state index is 0.758. The molecule has 0 amide bonds. The van der Waals surface area contributed by atoms with Gasteiger partial charge in [0.2, 0.25) is 0 Å². The van der Waals surface area contributed by atoms with Gasteiger partial charge in [0.05, 0.1) is 6.61 Å². The predicted octanol–water partition coefficient (Wildman–Crippen LogP) is 4.40. The summed E-state index contributed by atoms with van der Waals surface area (Å²) in [6.07, 6.45) is 9.74. The van der Waals surface area contributed by atoms with Crippen molar-refractivity contribution in [2.24, 2.45) is 0 Å². The summed E-state index contributed by atoms with van der Waals surface area (Å²) in [7, 11) is 0. The van der Waals surface area contributed by atoms with Crippen molar-refractivity contribution in [2.75, 3.05) is 19.8 Å². The molecule has 1 heterocycles. The summed E-state index contributed by atoms with van der Waals surface area (Å²) >= 11 is 0. The molecule has 1 aromatic heterocycles. The van der Waals surface area contributed by atoms with E-state index in [0.29, 0.717) is 0 Å². The monoisotopic (exact) mass is 279 g/mol. The van der Waals surface area contributed by atoms with E-state index in [1.807, 2.05) is 12.3 Å². The van der Waals surface area contributed by atoms with E-state index in [1.54, 1.807) is 0 Å². The van der Waals surface area contributed by atoms with E-state index < -0.39 is 0 Å². The Morgan fingerprint density at radius 1 is 0.950 bits per heavy atom. The standard InChI is InChI=1S/C17H29NO2/c1-3-5-9-16-15-17(10-11-18-16)20-14-8-7-13-19-12-6-4-2/h10-11,15H,3-9,12-14H2,1-2H3. The Kier molecular flexibility index (Phi) is 9.93. The minimum absolute atomic E-state index is 0.758. The molecule has 1 rings (SSSR count). The van der Waals surface area contributed by atoms with Crippen LogP contribution in [0, 0.1) is 0 Å². The number of hydrogen-bond donors (Lipinski definition) is 0. The van der Waals surface area contributed by atoms with Crippen LogP contribution in [0.1, 0.15) is 58.1 Å². The topological polar surface area (TPSA) is 31.4 Å². The molecule has 20 heavy (non-hydrogen) atoms. The van der Waals surface area contributed by atoms with Crippen LogP contribution in [-0.2, 0) is 11.2 Å². The van der Waals surface area contributed by atoms with Crippen LogP contribution in [0.15, 0.2) is 18.3 Å². The molecule has 0 radical (unpaired) electrons. The normalized spacial score (nSPS) is 10.7. The van der Waals surface area contributed by atoms with Gasteiger partial charge >= 0.3 is 0 Å². The van der Waals surface area contributed by atoms with Gasteiger partial charge < -0.3 is 9.47 Å². The van der Waals surface area contributed by atoms with E-state index in [4.69, 9.17) is 9.47 Å². The zero-order chi connectivity index (χ0) is 14.5. The van der Waals surface area contributed by atoms with E-state index in [1.165, 1.54) is 19.3 Å². The third kappa shape index (κ3) is 8.16. The molecule has 0 aliphatic heterocycles. The van der Waals surface area contributed by atoms with Crippen LogP contribution < -0.4 is 4.74 Å². The highest BCUT2D eigenvalue weighted by atomic mass is 16.5. The van der Waals surface area contributed by atoms with E-state index in [2.05, 4.69) is 24.9 Å². The highest BCUT2D eigenvalue weighted by Gasteiger charge is 1.98. The van der Waals surface area contributed by atoms with Gasteiger partial charge in [0.15, 0.2) is 0 Å². The van der Waals surface area contributed by atoms with Crippen molar-refractivity contribution in [3.63, 3.8) is 0 Å². The fourth-order valence-electron chi connectivity index (χ4n) is 1.89.